The zero-order valence-electron chi connectivity index (χ0n) is 10.5. The minimum atomic E-state index is -3.60. The molecule has 8 nitrogen and oxygen atoms in total. The zero-order valence-corrected chi connectivity index (χ0v) is 11.3. The van der Waals surface area contributed by atoms with Crippen LogP contribution in [0, 0.1) is 0 Å². The SMILES string of the molecule is CNc1cc(S(=O)(=O)NCc2ncn(C)n2)ccn1. The number of sulfonamides is 1. The van der Waals surface area contributed by atoms with E-state index in [0.717, 1.165) is 0 Å². The summed E-state index contributed by atoms with van der Waals surface area (Å²) in [6.45, 7) is 0.0420. The minimum Gasteiger partial charge on any atom is -0.373 e. The van der Waals surface area contributed by atoms with Crippen molar-refractivity contribution in [3.63, 3.8) is 0 Å². The van der Waals surface area contributed by atoms with Gasteiger partial charge in [0, 0.05) is 26.4 Å². The maximum Gasteiger partial charge on any atom is 0.241 e. The molecule has 0 bridgehead atoms. The lowest BCUT2D eigenvalue weighted by Gasteiger charge is -2.06. The number of aromatic nitrogens is 4. The number of nitrogens with zero attached hydrogens (tertiary/aromatic N) is 4. The Bertz CT molecular complexity index is 666. The largest absolute Gasteiger partial charge is 0.373 e. The van der Waals surface area contributed by atoms with Crippen LogP contribution >= 0.6 is 0 Å². The number of hydrogen-bond donors (Lipinski definition) is 2. The van der Waals surface area contributed by atoms with Crippen molar-refractivity contribution in [3.8, 4) is 0 Å². The van der Waals surface area contributed by atoms with Crippen LogP contribution in [0.4, 0.5) is 5.82 Å². The van der Waals surface area contributed by atoms with Gasteiger partial charge in [0.05, 0.1) is 11.4 Å². The van der Waals surface area contributed by atoms with Crippen molar-refractivity contribution in [2.24, 2.45) is 7.05 Å². The van der Waals surface area contributed by atoms with E-state index < -0.39 is 10.0 Å². The Morgan fingerprint density at radius 2 is 2.16 bits per heavy atom. The Morgan fingerprint density at radius 1 is 1.37 bits per heavy atom. The molecular formula is C10H14N6O2S. The van der Waals surface area contributed by atoms with Crippen molar-refractivity contribution < 1.29 is 8.42 Å². The average molecular weight is 282 g/mol. The van der Waals surface area contributed by atoms with Crippen molar-refractivity contribution in [1.82, 2.24) is 24.5 Å². The summed E-state index contributed by atoms with van der Waals surface area (Å²) in [7, 11) is -0.215. The Kier molecular flexibility index (Phi) is 3.76. The monoisotopic (exact) mass is 282 g/mol. The van der Waals surface area contributed by atoms with Crippen LogP contribution in [-0.2, 0) is 23.6 Å². The van der Waals surface area contributed by atoms with Crippen LogP contribution in [0.5, 0.6) is 0 Å². The highest BCUT2D eigenvalue weighted by Gasteiger charge is 2.15. The number of rotatable bonds is 5. The smallest absolute Gasteiger partial charge is 0.241 e. The van der Waals surface area contributed by atoms with Crippen LogP contribution < -0.4 is 10.0 Å². The molecule has 0 fully saturated rings. The molecule has 0 aromatic carbocycles. The molecule has 2 aromatic rings. The first-order valence-corrected chi connectivity index (χ1v) is 6.97. The molecule has 0 unspecified atom stereocenters. The van der Waals surface area contributed by atoms with Crippen molar-refractivity contribution in [2.45, 2.75) is 11.4 Å². The molecule has 0 aliphatic carbocycles. The van der Waals surface area contributed by atoms with Crippen LogP contribution in [0.3, 0.4) is 0 Å². The third kappa shape index (κ3) is 3.26. The third-order valence-corrected chi connectivity index (χ3v) is 3.76. The maximum absolute atomic E-state index is 12.1. The highest BCUT2D eigenvalue weighted by Crippen LogP contribution is 2.12. The van der Waals surface area contributed by atoms with Gasteiger partial charge in [-0.05, 0) is 6.07 Å². The summed E-state index contributed by atoms with van der Waals surface area (Å²) in [4.78, 5) is 8.05. The molecule has 102 valence electrons. The Morgan fingerprint density at radius 3 is 2.79 bits per heavy atom. The molecule has 2 rings (SSSR count). The molecule has 0 amide bonds. The quantitative estimate of drug-likeness (QED) is 0.782. The van der Waals surface area contributed by atoms with Gasteiger partial charge in [0.1, 0.15) is 12.1 Å². The number of aryl methyl sites for hydroxylation is 1. The van der Waals surface area contributed by atoms with E-state index in [-0.39, 0.29) is 11.4 Å². The van der Waals surface area contributed by atoms with Crippen LogP contribution in [0.2, 0.25) is 0 Å². The summed E-state index contributed by atoms with van der Waals surface area (Å²) in [5.41, 5.74) is 0. The molecule has 0 spiro atoms. The summed E-state index contributed by atoms with van der Waals surface area (Å²) < 4.78 is 28.0. The van der Waals surface area contributed by atoms with Gasteiger partial charge in [0.25, 0.3) is 0 Å². The second-order valence-electron chi connectivity index (χ2n) is 3.79. The summed E-state index contributed by atoms with van der Waals surface area (Å²) >= 11 is 0. The molecule has 2 N–H and O–H groups in total. The van der Waals surface area contributed by atoms with Gasteiger partial charge >= 0.3 is 0 Å². The van der Waals surface area contributed by atoms with Crippen molar-refractivity contribution in [2.75, 3.05) is 12.4 Å². The van der Waals surface area contributed by atoms with Gasteiger partial charge in [-0.15, -0.1) is 0 Å². The third-order valence-electron chi connectivity index (χ3n) is 2.37. The van der Waals surface area contributed by atoms with Crippen molar-refractivity contribution in [1.29, 1.82) is 0 Å². The fraction of sp³-hybridized carbons (Fsp3) is 0.300. The second kappa shape index (κ2) is 5.33. The van der Waals surface area contributed by atoms with Crippen LogP contribution in [0.15, 0.2) is 29.6 Å². The van der Waals surface area contributed by atoms with Crippen LogP contribution in [-0.4, -0.2) is 35.2 Å². The number of nitrogens with one attached hydrogen (secondary N) is 2. The van der Waals surface area contributed by atoms with E-state index >= 15 is 0 Å². The predicted molar refractivity (Wildman–Crippen MR) is 68.8 cm³/mol. The molecule has 0 radical (unpaired) electrons. The van der Waals surface area contributed by atoms with Gasteiger partial charge in [0.2, 0.25) is 10.0 Å². The summed E-state index contributed by atoms with van der Waals surface area (Å²) in [5, 5.41) is 6.78. The molecule has 0 atom stereocenters. The fourth-order valence-electron chi connectivity index (χ4n) is 1.42. The summed E-state index contributed by atoms with van der Waals surface area (Å²) in [5.74, 6) is 0.896. The molecule has 19 heavy (non-hydrogen) atoms. The van der Waals surface area contributed by atoms with E-state index in [4.69, 9.17) is 0 Å². The molecule has 9 heteroatoms. The van der Waals surface area contributed by atoms with E-state index in [9.17, 15) is 8.42 Å². The van der Waals surface area contributed by atoms with Crippen molar-refractivity contribution in [3.05, 3.63) is 30.5 Å². The average Bonchev–Trinajstić information content (AvgIpc) is 2.82. The lowest BCUT2D eigenvalue weighted by Crippen LogP contribution is -2.24. The van der Waals surface area contributed by atoms with Gasteiger partial charge in [-0.25, -0.2) is 23.1 Å². The van der Waals surface area contributed by atoms with Gasteiger partial charge in [0.15, 0.2) is 5.82 Å². The normalized spacial score (nSPS) is 11.5. The van der Waals surface area contributed by atoms with Gasteiger partial charge < -0.3 is 5.32 Å². The first-order chi connectivity index (χ1) is 9.01. The Labute approximate surface area is 110 Å². The number of pyridine rings is 1. The van der Waals surface area contributed by atoms with E-state index in [1.54, 1.807) is 14.1 Å². The van der Waals surface area contributed by atoms with E-state index in [1.807, 2.05) is 0 Å². The van der Waals surface area contributed by atoms with Crippen molar-refractivity contribution >= 4 is 15.8 Å². The lowest BCUT2D eigenvalue weighted by molar-refractivity contribution is 0.578. The molecule has 0 saturated carbocycles. The predicted octanol–water partition coefficient (Wildman–Crippen LogP) is -0.270. The molecule has 0 saturated heterocycles. The molecular weight excluding hydrogens is 268 g/mol. The van der Waals surface area contributed by atoms with Crippen LogP contribution in [0.25, 0.3) is 0 Å². The molecule has 2 aromatic heterocycles. The zero-order chi connectivity index (χ0) is 13.9. The van der Waals surface area contributed by atoms with E-state index in [0.29, 0.717) is 11.6 Å². The number of anilines is 1. The highest BCUT2D eigenvalue weighted by atomic mass is 32.2. The van der Waals surface area contributed by atoms with Gasteiger partial charge in [-0.3, -0.25) is 4.68 Å². The molecule has 2 heterocycles. The molecule has 0 aliphatic heterocycles. The first-order valence-electron chi connectivity index (χ1n) is 5.49. The maximum atomic E-state index is 12.1. The second-order valence-corrected chi connectivity index (χ2v) is 5.55. The van der Waals surface area contributed by atoms with Gasteiger partial charge in [-0.2, -0.15) is 5.10 Å². The fourth-order valence-corrected chi connectivity index (χ4v) is 2.42. The number of hydrogen-bond acceptors (Lipinski definition) is 6. The minimum absolute atomic E-state index is 0.0420. The Balaban J connectivity index is 2.13. The van der Waals surface area contributed by atoms with Gasteiger partial charge in [-0.1, -0.05) is 0 Å². The first kappa shape index (κ1) is 13.4. The van der Waals surface area contributed by atoms with E-state index in [2.05, 4.69) is 25.1 Å². The van der Waals surface area contributed by atoms with Crippen LogP contribution in [0.1, 0.15) is 5.82 Å². The highest BCUT2D eigenvalue weighted by molar-refractivity contribution is 7.89. The lowest BCUT2D eigenvalue weighted by atomic mass is 10.5. The van der Waals surface area contributed by atoms with E-state index in [1.165, 1.54) is 29.3 Å². The Hall–Kier alpha value is -2.00. The topological polar surface area (TPSA) is 102 Å². The summed E-state index contributed by atoms with van der Waals surface area (Å²) in [6, 6.07) is 2.88. The standard InChI is InChI=1S/C10H14N6O2S/c1-11-9-5-8(3-4-12-9)19(17,18)14-6-10-13-7-16(2)15-10/h3-5,7,14H,6H2,1-2H3,(H,11,12). The summed E-state index contributed by atoms with van der Waals surface area (Å²) in [6.07, 6.45) is 2.94. The molecule has 0 aliphatic rings.